The first-order chi connectivity index (χ1) is 11.3. The molecule has 3 nitrogen and oxygen atoms in total. The zero-order valence-corrected chi connectivity index (χ0v) is 12.9. The number of carbonyl (C=O) groups is 1. The first kappa shape index (κ1) is 16.4. The number of aromatic carboxylic acids is 1. The summed E-state index contributed by atoms with van der Waals surface area (Å²) in [6.07, 6.45) is -4.40. The lowest BCUT2D eigenvalue weighted by Crippen LogP contribution is -2.10. The lowest BCUT2D eigenvalue weighted by molar-refractivity contribution is -0.137. The first-order valence-corrected chi connectivity index (χ1v) is 7.32. The van der Waals surface area contributed by atoms with E-state index in [1.165, 1.54) is 22.8 Å². The van der Waals surface area contributed by atoms with Crippen molar-refractivity contribution in [3.8, 4) is 0 Å². The molecule has 3 aromatic rings. The van der Waals surface area contributed by atoms with E-state index in [4.69, 9.17) is 11.6 Å². The van der Waals surface area contributed by atoms with Gasteiger partial charge in [-0.15, -0.1) is 0 Å². The number of hydrogen-bond acceptors (Lipinski definition) is 1. The molecular weight excluding hydrogens is 343 g/mol. The molecule has 0 spiro atoms. The van der Waals surface area contributed by atoms with E-state index < -0.39 is 17.7 Å². The molecule has 0 unspecified atom stereocenters. The Hall–Kier alpha value is -2.47. The Morgan fingerprint density at radius 3 is 2.33 bits per heavy atom. The second-order valence-electron chi connectivity index (χ2n) is 5.32. The van der Waals surface area contributed by atoms with Crippen LogP contribution >= 0.6 is 11.6 Å². The summed E-state index contributed by atoms with van der Waals surface area (Å²) in [7, 11) is 0. The molecule has 0 aliphatic heterocycles. The maximum atomic E-state index is 12.6. The van der Waals surface area contributed by atoms with E-state index in [0.717, 1.165) is 12.1 Å². The maximum absolute atomic E-state index is 12.6. The van der Waals surface area contributed by atoms with Crippen molar-refractivity contribution in [2.45, 2.75) is 12.7 Å². The zero-order chi connectivity index (χ0) is 17.5. The summed E-state index contributed by atoms with van der Waals surface area (Å²) in [4.78, 5) is 11.4. The number of fused-ring (bicyclic) bond motifs is 1. The number of hydrogen-bond donors (Lipinski definition) is 1. The highest BCUT2D eigenvalue weighted by molar-refractivity contribution is 6.31. The van der Waals surface area contributed by atoms with Gasteiger partial charge in [-0.05, 0) is 42.0 Å². The average Bonchev–Trinajstić information content (AvgIpc) is 2.85. The lowest BCUT2D eigenvalue weighted by atomic mass is 10.1. The van der Waals surface area contributed by atoms with Crippen molar-refractivity contribution >= 4 is 28.5 Å². The number of halogens is 4. The molecule has 1 N–H and O–H groups in total. The first-order valence-electron chi connectivity index (χ1n) is 6.94. The van der Waals surface area contributed by atoms with Crippen molar-refractivity contribution < 1.29 is 23.1 Å². The Kier molecular flexibility index (Phi) is 4.01. The third-order valence-corrected chi connectivity index (χ3v) is 3.94. The molecule has 124 valence electrons. The van der Waals surface area contributed by atoms with Crippen LogP contribution in [0.3, 0.4) is 0 Å². The molecule has 1 aromatic heterocycles. The molecule has 3 rings (SSSR count). The van der Waals surface area contributed by atoms with Crippen LogP contribution in [0.15, 0.2) is 48.5 Å². The SMILES string of the molecule is O=C(O)c1cc2cc(Cl)ccc2n1Cc1ccc(C(F)(F)F)cc1. The molecule has 0 fully saturated rings. The molecule has 1 heterocycles. The van der Waals surface area contributed by atoms with Crippen LogP contribution in [0.4, 0.5) is 13.2 Å². The molecule has 7 heteroatoms. The van der Waals surface area contributed by atoms with Gasteiger partial charge in [0, 0.05) is 22.5 Å². The van der Waals surface area contributed by atoms with Crippen LogP contribution in [-0.2, 0) is 12.7 Å². The van der Waals surface area contributed by atoms with Crippen molar-refractivity contribution in [1.82, 2.24) is 4.57 Å². The number of rotatable bonds is 3. The summed E-state index contributed by atoms with van der Waals surface area (Å²) in [6, 6.07) is 11.1. The highest BCUT2D eigenvalue weighted by Crippen LogP contribution is 2.30. The fourth-order valence-electron chi connectivity index (χ4n) is 2.57. The van der Waals surface area contributed by atoms with Crippen molar-refractivity contribution in [2.24, 2.45) is 0 Å². The predicted molar refractivity (Wildman–Crippen MR) is 84.5 cm³/mol. The van der Waals surface area contributed by atoms with Gasteiger partial charge < -0.3 is 9.67 Å². The van der Waals surface area contributed by atoms with Gasteiger partial charge >= 0.3 is 12.1 Å². The standard InChI is InChI=1S/C17H11ClF3NO2/c18-13-5-6-14-11(7-13)8-15(16(23)24)22(14)9-10-1-3-12(4-2-10)17(19,20)21/h1-8H,9H2,(H,23,24). The topological polar surface area (TPSA) is 42.2 Å². The summed E-state index contributed by atoms with van der Waals surface area (Å²) in [5, 5.41) is 10.5. The van der Waals surface area contributed by atoms with Crippen LogP contribution in [-0.4, -0.2) is 15.6 Å². The van der Waals surface area contributed by atoms with Crippen LogP contribution in [0, 0.1) is 0 Å². The van der Waals surface area contributed by atoms with Crippen LogP contribution in [0.1, 0.15) is 21.6 Å². The molecule has 2 aromatic carbocycles. The smallest absolute Gasteiger partial charge is 0.416 e. The highest BCUT2D eigenvalue weighted by Gasteiger charge is 2.30. The fourth-order valence-corrected chi connectivity index (χ4v) is 2.75. The lowest BCUT2D eigenvalue weighted by Gasteiger charge is -2.11. The number of carboxylic acid groups (broad SMARTS) is 1. The van der Waals surface area contributed by atoms with E-state index in [0.29, 0.717) is 21.5 Å². The normalized spacial score (nSPS) is 11.8. The van der Waals surface area contributed by atoms with Gasteiger partial charge in [-0.2, -0.15) is 13.2 Å². The van der Waals surface area contributed by atoms with E-state index in [1.807, 2.05) is 0 Å². The molecule has 0 aliphatic carbocycles. The molecule has 0 radical (unpaired) electrons. The fraction of sp³-hybridized carbons (Fsp3) is 0.118. The van der Waals surface area contributed by atoms with Crippen LogP contribution in [0.2, 0.25) is 5.02 Å². The van der Waals surface area contributed by atoms with Crippen molar-refractivity contribution in [3.63, 3.8) is 0 Å². The second kappa shape index (κ2) is 5.87. The monoisotopic (exact) mass is 353 g/mol. The maximum Gasteiger partial charge on any atom is 0.416 e. The van der Waals surface area contributed by atoms with E-state index >= 15 is 0 Å². The molecule has 0 saturated carbocycles. The molecule has 0 aliphatic rings. The minimum atomic E-state index is -4.40. The van der Waals surface area contributed by atoms with Gasteiger partial charge in [0.2, 0.25) is 0 Å². The van der Waals surface area contributed by atoms with E-state index in [9.17, 15) is 23.1 Å². The van der Waals surface area contributed by atoms with Crippen molar-refractivity contribution in [2.75, 3.05) is 0 Å². The summed E-state index contributed by atoms with van der Waals surface area (Å²) < 4.78 is 39.4. The van der Waals surface area contributed by atoms with E-state index in [1.54, 1.807) is 18.2 Å². The van der Waals surface area contributed by atoms with Gasteiger partial charge in [-0.25, -0.2) is 4.79 Å². The quantitative estimate of drug-likeness (QED) is 0.715. The summed E-state index contributed by atoms with van der Waals surface area (Å²) >= 11 is 5.92. The number of nitrogens with zero attached hydrogens (tertiary/aromatic N) is 1. The Morgan fingerprint density at radius 1 is 1.08 bits per heavy atom. The predicted octanol–water partition coefficient (Wildman–Crippen LogP) is 5.06. The van der Waals surface area contributed by atoms with Gasteiger partial charge in [0.1, 0.15) is 5.69 Å². The van der Waals surface area contributed by atoms with Gasteiger partial charge in [0.05, 0.1) is 5.56 Å². The Morgan fingerprint density at radius 2 is 1.75 bits per heavy atom. The summed E-state index contributed by atoms with van der Waals surface area (Å²) in [5.74, 6) is -1.12. The summed E-state index contributed by atoms with van der Waals surface area (Å²) in [5.41, 5.74) is 0.524. The molecule has 24 heavy (non-hydrogen) atoms. The molecular formula is C17H11ClF3NO2. The van der Waals surface area contributed by atoms with Crippen LogP contribution in [0.25, 0.3) is 10.9 Å². The van der Waals surface area contributed by atoms with E-state index in [-0.39, 0.29) is 12.2 Å². The molecule has 0 amide bonds. The van der Waals surface area contributed by atoms with Gasteiger partial charge in [0.25, 0.3) is 0 Å². The number of benzene rings is 2. The largest absolute Gasteiger partial charge is 0.477 e. The highest BCUT2D eigenvalue weighted by atomic mass is 35.5. The average molecular weight is 354 g/mol. The van der Waals surface area contributed by atoms with Crippen LogP contribution < -0.4 is 0 Å². The third-order valence-electron chi connectivity index (χ3n) is 3.70. The summed E-state index contributed by atoms with van der Waals surface area (Å²) in [6.45, 7) is 0.144. The second-order valence-corrected chi connectivity index (χ2v) is 5.76. The third kappa shape index (κ3) is 3.10. The minimum absolute atomic E-state index is 0.0483. The number of aromatic nitrogens is 1. The Labute approximate surface area is 139 Å². The Balaban J connectivity index is 2.03. The van der Waals surface area contributed by atoms with Crippen molar-refractivity contribution in [3.05, 3.63) is 70.4 Å². The molecule has 0 atom stereocenters. The van der Waals surface area contributed by atoms with Gasteiger partial charge in [-0.1, -0.05) is 23.7 Å². The molecule has 0 bridgehead atoms. The van der Waals surface area contributed by atoms with E-state index in [2.05, 4.69) is 0 Å². The minimum Gasteiger partial charge on any atom is -0.477 e. The molecule has 0 saturated heterocycles. The zero-order valence-electron chi connectivity index (χ0n) is 12.1. The number of carboxylic acids is 1. The van der Waals surface area contributed by atoms with Crippen molar-refractivity contribution in [1.29, 1.82) is 0 Å². The van der Waals surface area contributed by atoms with Crippen LogP contribution in [0.5, 0.6) is 0 Å². The Bertz CT molecular complexity index is 914. The number of alkyl halides is 3. The van der Waals surface area contributed by atoms with Gasteiger partial charge in [-0.3, -0.25) is 0 Å². The van der Waals surface area contributed by atoms with Gasteiger partial charge in [0.15, 0.2) is 0 Å².